The lowest BCUT2D eigenvalue weighted by atomic mass is 9.99. The molecule has 1 saturated heterocycles. The van der Waals surface area contributed by atoms with Gasteiger partial charge in [0.15, 0.2) is 0 Å². The molecule has 1 N–H and O–H groups in total. The average Bonchev–Trinajstić information content (AvgIpc) is 2.45. The molecule has 0 aromatic carbocycles. The van der Waals surface area contributed by atoms with Crippen LogP contribution in [0, 0.1) is 12.8 Å². The first-order chi connectivity index (χ1) is 9.65. The van der Waals surface area contributed by atoms with Crippen molar-refractivity contribution in [3.8, 4) is 0 Å². The van der Waals surface area contributed by atoms with Crippen LogP contribution in [0.3, 0.4) is 0 Å². The number of hydrogen-bond acceptors (Lipinski definition) is 3. The molecule has 0 atom stereocenters. The van der Waals surface area contributed by atoms with Crippen LogP contribution in [0.1, 0.15) is 42.4 Å². The van der Waals surface area contributed by atoms with Gasteiger partial charge in [-0.2, -0.15) is 0 Å². The number of amides is 1. The number of carbonyl (C=O) groups is 1. The smallest absolute Gasteiger partial charge is 0.269 e. The summed E-state index contributed by atoms with van der Waals surface area (Å²) in [6.07, 6.45) is 3.62. The monoisotopic (exact) mass is 275 g/mol. The second-order valence-electron chi connectivity index (χ2n) is 5.80. The van der Waals surface area contributed by atoms with Gasteiger partial charge in [-0.3, -0.25) is 4.79 Å². The van der Waals surface area contributed by atoms with Crippen LogP contribution in [-0.4, -0.2) is 42.0 Å². The fourth-order valence-corrected chi connectivity index (χ4v) is 2.55. The summed E-state index contributed by atoms with van der Waals surface area (Å²) in [6, 6.07) is 5.52. The number of aryl methyl sites for hydroxylation is 1. The van der Waals surface area contributed by atoms with E-state index in [9.17, 15) is 4.79 Å². The van der Waals surface area contributed by atoms with Crippen LogP contribution in [0.15, 0.2) is 18.2 Å². The second kappa shape index (κ2) is 7.39. The third-order valence-electron chi connectivity index (χ3n) is 3.93. The van der Waals surface area contributed by atoms with Crippen LogP contribution in [-0.2, 0) is 0 Å². The maximum absolute atomic E-state index is 11.9. The van der Waals surface area contributed by atoms with Gasteiger partial charge in [-0.05, 0) is 63.9 Å². The molecular formula is C16H25N3O. The number of aromatic nitrogens is 1. The first-order valence-electron chi connectivity index (χ1n) is 7.59. The molecule has 1 aliphatic rings. The van der Waals surface area contributed by atoms with Crippen molar-refractivity contribution in [3.63, 3.8) is 0 Å². The Balaban J connectivity index is 1.64. The second-order valence-corrected chi connectivity index (χ2v) is 5.80. The largest absolute Gasteiger partial charge is 0.351 e. The molecule has 1 aromatic rings. The predicted molar refractivity (Wildman–Crippen MR) is 80.8 cm³/mol. The highest BCUT2D eigenvalue weighted by Gasteiger charge is 2.15. The first kappa shape index (κ1) is 15.0. The molecule has 0 unspecified atom stereocenters. The number of hydrogen-bond donors (Lipinski definition) is 1. The molecule has 2 heterocycles. The van der Waals surface area contributed by atoms with Crippen LogP contribution in [0.4, 0.5) is 0 Å². The minimum absolute atomic E-state index is 0.0685. The van der Waals surface area contributed by atoms with Gasteiger partial charge in [-0.25, -0.2) is 4.98 Å². The molecule has 1 aliphatic heterocycles. The zero-order valence-corrected chi connectivity index (χ0v) is 12.6. The summed E-state index contributed by atoms with van der Waals surface area (Å²) in [7, 11) is 0. The van der Waals surface area contributed by atoms with Gasteiger partial charge < -0.3 is 10.2 Å². The molecule has 0 saturated carbocycles. The minimum Gasteiger partial charge on any atom is -0.351 e. The lowest BCUT2D eigenvalue weighted by molar-refractivity contribution is 0.0945. The number of nitrogens with one attached hydrogen (secondary N) is 1. The molecule has 4 nitrogen and oxygen atoms in total. The van der Waals surface area contributed by atoms with Crippen molar-refractivity contribution < 1.29 is 4.79 Å². The number of pyridine rings is 1. The Hall–Kier alpha value is -1.42. The van der Waals surface area contributed by atoms with Crippen LogP contribution in [0.25, 0.3) is 0 Å². The number of likely N-dealkylation sites (tertiary alicyclic amines) is 1. The Bertz CT molecular complexity index is 439. The van der Waals surface area contributed by atoms with Gasteiger partial charge in [0.25, 0.3) is 5.91 Å². The van der Waals surface area contributed by atoms with Crippen LogP contribution in [0.2, 0.25) is 0 Å². The molecule has 110 valence electrons. The minimum atomic E-state index is -0.0685. The molecule has 20 heavy (non-hydrogen) atoms. The highest BCUT2D eigenvalue weighted by molar-refractivity contribution is 5.92. The van der Waals surface area contributed by atoms with E-state index in [1.54, 1.807) is 6.07 Å². The molecule has 1 fully saturated rings. The van der Waals surface area contributed by atoms with Crippen molar-refractivity contribution in [1.29, 1.82) is 0 Å². The van der Waals surface area contributed by atoms with Crippen molar-refractivity contribution in [1.82, 2.24) is 15.2 Å². The zero-order chi connectivity index (χ0) is 14.4. The highest BCUT2D eigenvalue weighted by Crippen LogP contribution is 2.15. The molecule has 0 spiro atoms. The normalized spacial score (nSPS) is 17.1. The lowest BCUT2D eigenvalue weighted by Gasteiger charge is -2.30. The van der Waals surface area contributed by atoms with Gasteiger partial charge >= 0.3 is 0 Å². The maximum Gasteiger partial charge on any atom is 0.269 e. The van der Waals surface area contributed by atoms with Gasteiger partial charge in [-0.15, -0.1) is 0 Å². The summed E-state index contributed by atoms with van der Waals surface area (Å²) >= 11 is 0. The third-order valence-corrected chi connectivity index (χ3v) is 3.93. The number of rotatable bonds is 5. The van der Waals surface area contributed by atoms with E-state index in [1.165, 1.54) is 25.9 Å². The van der Waals surface area contributed by atoms with Crippen molar-refractivity contribution in [2.24, 2.45) is 5.92 Å². The van der Waals surface area contributed by atoms with Crippen molar-refractivity contribution in [3.05, 3.63) is 29.6 Å². The Morgan fingerprint density at radius 3 is 2.85 bits per heavy atom. The molecule has 0 radical (unpaired) electrons. The van der Waals surface area contributed by atoms with E-state index in [0.717, 1.165) is 31.1 Å². The van der Waals surface area contributed by atoms with E-state index >= 15 is 0 Å². The molecule has 4 heteroatoms. The van der Waals surface area contributed by atoms with Crippen molar-refractivity contribution in [2.45, 2.75) is 33.1 Å². The predicted octanol–water partition coefficient (Wildman–Crippen LogP) is 2.24. The van der Waals surface area contributed by atoms with Crippen LogP contribution >= 0.6 is 0 Å². The van der Waals surface area contributed by atoms with Crippen molar-refractivity contribution >= 4 is 5.91 Å². The standard InChI is InChI=1S/C16H25N3O/c1-13-7-11-19(12-8-13)10-4-9-17-16(20)15-6-3-5-14(2)18-15/h3,5-6,13H,4,7-12H2,1-2H3,(H,17,20). The quantitative estimate of drug-likeness (QED) is 0.838. The number of carbonyl (C=O) groups excluding carboxylic acids is 1. The van der Waals surface area contributed by atoms with E-state index in [4.69, 9.17) is 0 Å². The molecular weight excluding hydrogens is 250 g/mol. The Labute approximate surface area is 121 Å². The van der Waals surface area contributed by atoms with E-state index in [1.807, 2.05) is 19.1 Å². The Morgan fingerprint density at radius 2 is 2.15 bits per heavy atom. The summed E-state index contributed by atoms with van der Waals surface area (Å²) < 4.78 is 0. The molecule has 0 aliphatic carbocycles. The van der Waals surface area contributed by atoms with Gasteiger partial charge in [0.05, 0.1) is 0 Å². The van der Waals surface area contributed by atoms with Crippen molar-refractivity contribution in [2.75, 3.05) is 26.2 Å². The summed E-state index contributed by atoms with van der Waals surface area (Å²) in [5.74, 6) is 0.805. The molecule has 1 amide bonds. The van der Waals surface area contributed by atoms with E-state index < -0.39 is 0 Å². The summed E-state index contributed by atoms with van der Waals surface area (Å²) in [5, 5.41) is 2.95. The fraction of sp³-hybridized carbons (Fsp3) is 0.625. The van der Waals surface area contributed by atoms with Gasteiger partial charge in [0, 0.05) is 12.2 Å². The number of nitrogens with zero attached hydrogens (tertiary/aromatic N) is 2. The van der Waals surface area contributed by atoms with Crippen LogP contribution in [0.5, 0.6) is 0 Å². The van der Waals surface area contributed by atoms with E-state index in [-0.39, 0.29) is 5.91 Å². The number of piperidine rings is 1. The summed E-state index contributed by atoms with van der Waals surface area (Å²) in [4.78, 5) is 18.6. The summed E-state index contributed by atoms with van der Waals surface area (Å²) in [5.41, 5.74) is 1.39. The molecule has 1 aromatic heterocycles. The molecule has 2 rings (SSSR count). The molecule has 0 bridgehead atoms. The van der Waals surface area contributed by atoms with Gasteiger partial charge in [-0.1, -0.05) is 13.0 Å². The Kier molecular flexibility index (Phi) is 5.53. The third kappa shape index (κ3) is 4.60. The maximum atomic E-state index is 11.9. The highest BCUT2D eigenvalue weighted by atomic mass is 16.1. The Morgan fingerprint density at radius 1 is 1.40 bits per heavy atom. The van der Waals surface area contributed by atoms with Gasteiger partial charge in [0.2, 0.25) is 0 Å². The van der Waals surface area contributed by atoms with E-state index in [2.05, 4.69) is 22.1 Å². The summed E-state index contributed by atoms with van der Waals surface area (Å²) in [6.45, 7) is 8.43. The SMILES string of the molecule is Cc1cccc(C(=O)NCCCN2CCC(C)CC2)n1. The average molecular weight is 275 g/mol. The van der Waals surface area contributed by atoms with Gasteiger partial charge in [0.1, 0.15) is 5.69 Å². The first-order valence-corrected chi connectivity index (χ1v) is 7.59. The van der Waals surface area contributed by atoms with Crippen LogP contribution < -0.4 is 5.32 Å². The fourth-order valence-electron chi connectivity index (χ4n) is 2.55. The lowest BCUT2D eigenvalue weighted by Crippen LogP contribution is -2.35. The topological polar surface area (TPSA) is 45.2 Å². The zero-order valence-electron chi connectivity index (χ0n) is 12.6. The van der Waals surface area contributed by atoms with E-state index in [0.29, 0.717) is 5.69 Å².